The molecule has 4 aromatic carbocycles. The quantitative estimate of drug-likeness (QED) is 0.223. The van der Waals surface area contributed by atoms with Gasteiger partial charge in [-0.15, -0.1) is 0 Å². The van der Waals surface area contributed by atoms with Crippen LogP contribution in [0.5, 0.6) is 5.75 Å². The van der Waals surface area contributed by atoms with Crippen LogP contribution in [0, 0.1) is 24.4 Å². The van der Waals surface area contributed by atoms with Crippen molar-refractivity contribution in [1.29, 1.82) is 0 Å². The first-order valence-electron chi connectivity index (χ1n) is 11.9. The van der Waals surface area contributed by atoms with E-state index in [-0.39, 0.29) is 18.8 Å². The molecule has 0 aliphatic rings. The van der Waals surface area contributed by atoms with Gasteiger partial charge in [0.2, 0.25) is 0 Å². The summed E-state index contributed by atoms with van der Waals surface area (Å²) in [6.07, 6.45) is 0. The average molecular weight is 551 g/mol. The molecule has 0 saturated heterocycles. The molecule has 0 fully saturated rings. The summed E-state index contributed by atoms with van der Waals surface area (Å²) >= 11 is 6.11. The number of benzene rings is 4. The number of phenols is 1. The summed E-state index contributed by atoms with van der Waals surface area (Å²) in [5.41, 5.74) is 3.03. The van der Waals surface area contributed by atoms with Gasteiger partial charge in [-0.25, -0.2) is 18.0 Å². The molecular formula is C30H22ClF3N2O3. The van der Waals surface area contributed by atoms with Crippen LogP contribution in [0.4, 0.5) is 23.7 Å². The Morgan fingerprint density at radius 1 is 0.923 bits per heavy atom. The van der Waals surface area contributed by atoms with Gasteiger partial charge in [0, 0.05) is 34.6 Å². The SMILES string of the molecule is Cc1ccc2oc(CN(Cc3ccc(O)cc3)C(=O)Nc3c(F)cc(F)cc3F)c(-c3ccc(Cl)cc3)c2c1. The fraction of sp³-hybridized carbons (Fsp3) is 0.100. The summed E-state index contributed by atoms with van der Waals surface area (Å²) in [5, 5.41) is 13.3. The van der Waals surface area contributed by atoms with Crippen LogP contribution >= 0.6 is 11.6 Å². The van der Waals surface area contributed by atoms with Crippen LogP contribution in [0.25, 0.3) is 22.1 Å². The van der Waals surface area contributed by atoms with Gasteiger partial charge in [-0.1, -0.05) is 47.5 Å². The van der Waals surface area contributed by atoms with E-state index in [0.29, 0.717) is 34.1 Å². The lowest BCUT2D eigenvalue weighted by molar-refractivity contribution is 0.201. The largest absolute Gasteiger partial charge is 0.508 e. The van der Waals surface area contributed by atoms with Gasteiger partial charge in [-0.2, -0.15) is 0 Å². The highest BCUT2D eigenvalue weighted by atomic mass is 35.5. The Hall–Kier alpha value is -4.43. The normalized spacial score (nSPS) is 11.1. The van der Waals surface area contributed by atoms with E-state index < -0.39 is 29.2 Å². The highest BCUT2D eigenvalue weighted by molar-refractivity contribution is 6.30. The first-order chi connectivity index (χ1) is 18.7. The third-order valence-corrected chi connectivity index (χ3v) is 6.47. The number of furan rings is 1. The molecule has 0 atom stereocenters. The lowest BCUT2D eigenvalue weighted by Gasteiger charge is -2.23. The number of hydrogen-bond acceptors (Lipinski definition) is 3. The number of nitrogens with zero attached hydrogens (tertiary/aromatic N) is 1. The molecule has 0 aliphatic heterocycles. The van der Waals surface area contributed by atoms with Crippen molar-refractivity contribution in [3.63, 3.8) is 0 Å². The van der Waals surface area contributed by atoms with E-state index in [2.05, 4.69) is 5.32 Å². The second-order valence-corrected chi connectivity index (χ2v) is 9.54. The summed E-state index contributed by atoms with van der Waals surface area (Å²) < 4.78 is 48.3. The molecule has 5 rings (SSSR count). The van der Waals surface area contributed by atoms with Crippen LogP contribution in [-0.2, 0) is 13.1 Å². The molecule has 0 spiro atoms. The molecule has 2 N–H and O–H groups in total. The first-order valence-corrected chi connectivity index (χ1v) is 12.3. The van der Waals surface area contributed by atoms with Gasteiger partial charge in [0.1, 0.15) is 28.6 Å². The molecule has 5 aromatic rings. The Bertz CT molecular complexity index is 1650. The van der Waals surface area contributed by atoms with Crippen LogP contribution in [-0.4, -0.2) is 16.0 Å². The van der Waals surface area contributed by atoms with Crippen molar-refractivity contribution in [2.45, 2.75) is 20.0 Å². The van der Waals surface area contributed by atoms with Gasteiger partial charge in [-0.3, -0.25) is 0 Å². The molecule has 0 unspecified atom stereocenters. The maximum atomic E-state index is 14.4. The standard InChI is InChI=1S/C30H22ClF3N2O3/c1-17-2-11-26-23(12-17)28(19-5-7-20(31)8-6-19)27(39-26)16-36(15-18-3-9-22(37)10-4-18)30(38)35-29-24(33)13-21(32)14-25(29)34/h2-14,37H,15-16H2,1H3,(H,35,38). The molecule has 0 saturated carbocycles. The first kappa shape index (κ1) is 26.2. The van der Waals surface area contributed by atoms with E-state index in [4.69, 9.17) is 16.0 Å². The number of aromatic hydroxyl groups is 1. The minimum absolute atomic E-state index is 0.00662. The van der Waals surface area contributed by atoms with Gasteiger partial charge in [0.15, 0.2) is 11.6 Å². The van der Waals surface area contributed by atoms with E-state index in [0.717, 1.165) is 22.1 Å². The number of nitrogens with one attached hydrogen (secondary N) is 1. The lowest BCUT2D eigenvalue weighted by atomic mass is 10.0. The second kappa shape index (κ2) is 10.7. The fourth-order valence-corrected chi connectivity index (χ4v) is 4.47. The smallest absolute Gasteiger partial charge is 0.322 e. The monoisotopic (exact) mass is 550 g/mol. The number of amides is 2. The molecule has 0 radical (unpaired) electrons. The molecule has 39 heavy (non-hydrogen) atoms. The number of anilines is 1. The zero-order valence-electron chi connectivity index (χ0n) is 20.6. The predicted molar refractivity (Wildman–Crippen MR) is 144 cm³/mol. The molecule has 0 aliphatic carbocycles. The van der Waals surface area contributed by atoms with Gasteiger partial charge < -0.3 is 19.7 Å². The maximum absolute atomic E-state index is 14.4. The molecular weight excluding hydrogens is 529 g/mol. The molecule has 1 aromatic heterocycles. The van der Waals surface area contributed by atoms with Crippen molar-refractivity contribution in [2.75, 3.05) is 5.32 Å². The minimum Gasteiger partial charge on any atom is -0.508 e. The van der Waals surface area contributed by atoms with Crippen molar-refractivity contribution in [3.8, 4) is 16.9 Å². The zero-order chi connectivity index (χ0) is 27.7. The summed E-state index contributed by atoms with van der Waals surface area (Å²) in [4.78, 5) is 14.7. The van der Waals surface area contributed by atoms with Crippen LogP contribution in [0.1, 0.15) is 16.9 Å². The van der Waals surface area contributed by atoms with Gasteiger partial charge in [-0.05, 0) is 54.4 Å². The number of phenolic OH excluding ortho intramolecular Hbond substituents is 1. The van der Waals surface area contributed by atoms with Gasteiger partial charge in [0.25, 0.3) is 0 Å². The summed E-state index contributed by atoms with van der Waals surface area (Å²) in [6, 6.07) is 19.2. The molecule has 9 heteroatoms. The Kier molecular flexibility index (Phi) is 7.21. The topological polar surface area (TPSA) is 65.7 Å². The van der Waals surface area contributed by atoms with Crippen molar-refractivity contribution >= 4 is 34.3 Å². The molecule has 5 nitrogen and oxygen atoms in total. The highest BCUT2D eigenvalue weighted by Gasteiger charge is 2.24. The van der Waals surface area contributed by atoms with Gasteiger partial charge in [0.05, 0.1) is 6.54 Å². The third kappa shape index (κ3) is 5.71. The number of aryl methyl sites for hydroxylation is 1. The fourth-order valence-electron chi connectivity index (χ4n) is 4.35. The van der Waals surface area contributed by atoms with Crippen molar-refractivity contribution in [3.05, 3.63) is 118 Å². The average Bonchev–Trinajstić information content (AvgIpc) is 3.24. The van der Waals surface area contributed by atoms with E-state index in [1.165, 1.54) is 17.0 Å². The Morgan fingerprint density at radius 3 is 2.26 bits per heavy atom. The van der Waals surface area contributed by atoms with Gasteiger partial charge >= 0.3 is 6.03 Å². The minimum atomic E-state index is -1.24. The Balaban J connectivity index is 1.57. The second-order valence-electron chi connectivity index (χ2n) is 9.10. The van der Waals surface area contributed by atoms with Crippen LogP contribution < -0.4 is 5.32 Å². The van der Waals surface area contributed by atoms with Crippen molar-refractivity contribution in [1.82, 2.24) is 4.90 Å². The van der Waals surface area contributed by atoms with Crippen molar-refractivity contribution < 1.29 is 27.5 Å². The van der Waals surface area contributed by atoms with E-state index >= 15 is 0 Å². The van der Waals surface area contributed by atoms with Crippen LogP contribution in [0.2, 0.25) is 5.02 Å². The Morgan fingerprint density at radius 2 is 1.59 bits per heavy atom. The zero-order valence-corrected chi connectivity index (χ0v) is 21.4. The Labute approximate surface area is 227 Å². The third-order valence-electron chi connectivity index (χ3n) is 6.22. The lowest BCUT2D eigenvalue weighted by Crippen LogP contribution is -2.34. The maximum Gasteiger partial charge on any atom is 0.322 e. The van der Waals surface area contributed by atoms with Crippen LogP contribution in [0.15, 0.2) is 83.3 Å². The molecule has 1 heterocycles. The van der Waals surface area contributed by atoms with E-state index in [9.17, 15) is 23.1 Å². The molecule has 198 valence electrons. The number of urea groups is 1. The number of hydrogen-bond donors (Lipinski definition) is 2. The molecule has 0 bridgehead atoms. The summed E-state index contributed by atoms with van der Waals surface area (Å²) in [7, 11) is 0. The number of rotatable bonds is 6. The number of halogens is 4. The summed E-state index contributed by atoms with van der Waals surface area (Å²) in [6.45, 7) is 1.88. The predicted octanol–water partition coefficient (Wildman–Crippen LogP) is 8.42. The van der Waals surface area contributed by atoms with Crippen molar-refractivity contribution in [2.24, 2.45) is 0 Å². The summed E-state index contributed by atoms with van der Waals surface area (Å²) in [5.74, 6) is -3.11. The number of fused-ring (bicyclic) bond motifs is 1. The highest BCUT2D eigenvalue weighted by Crippen LogP contribution is 2.37. The number of carbonyl (C=O) groups excluding carboxylic acids is 1. The van der Waals surface area contributed by atoms with Crippen LogP contribution in [0.3, 0.4) is 0 Å². The van der Waals surface area contributed by atoms with E-state index in [1.54, 1.807) is 24.3 Å². The number of carbonyl (C=O) groups is 1. The van der Waals surface area contributed by atoms with E-state index in [1.807, 2.05) is 37.3 Å². The molecule has 2 amide bonds.